The van der Waals surface area contributed by atoms with Crippen molar-refractivity contribution in [2.24, 2.45) is 0 Å². The third-order valence-corrected chi connectivity index (χ3v) is 4.40. The van der Waals surface area contributed by atoms with Gasteiger partial charge in [-0.25, -0.2) is 4.79 Å². The lowest BCUT2D eigenvalue weighted by atomic mass is 9.98. The number of ketones is 1. The van der Waals surface area contributed by atoms with Gasteiger partial charge in [0.25, 0.3) is 0 Å². The van der Waals surface area contributed by atoms with Gasteiger partial charge in [0.1, 0.15) is 6.10 Å². The Bertz CT molecular complexity index is 935. The summed E-state index contributed by atoms with van der Waals surface area (Å²) in [6, 6.07) is 22.7. The third kappa shape index (κ3) is 3.84. The first-order valence-electron chi connectivity index (χ1n) is 8.22. The van der Waals surface area contributed by atoms with Gasteiger partial charge in [0.15, 0.2) is 5.78 Å². The summed E-state index contributed by atoms with van der Waals surface area (Å²) < 4.78 is 5.55. The first-order valence-corrected chi connectivity index (χ1v) is 8.60. The lowest BCUT2D eigenvalue weighted by molar-refractivity contribution is 0.0336. The molecule has 130 valence electrons. The molecule has 0 spiro atoms. The minimum Gasteiger partial charge on any atom is -0.454 e. The van der Waals surface area contributed by atoms with Gasteiger partial charge in [-0.1, -0.05) is 78.3 Å². The Morgan fingerprint density at radius 3 is 2.08 bits per heavy atom. The van der Waals surface area contributed by atoms with Gasteiger partial charge in [-0.2, -0.15) is 0 Å². The Morgan fingerprint density at radius 1 is 0.808 bits per heavy atom. The van der Waals surface area contributed by atoms with Gasteiger partial charge in [0.05, 0.1) is 5.56 Å². The van der Waals surface area contributed by atoms with Gasteiger partial charge < -0.3 is 4.74 Å². The molecule has 1 atom stereocenters. The van der Waals surface area contributed by atoms with Crippen LogP contribution in [0.15, 0.2) is 78.9 Å². The second-order valence-electron chi connectivity index (χ2n) is 5.81. The molecule has 0 saturated carbocycles. The molecule has 0 saturated heterocycles. The lowest BCUT2D eigenvalue weighted by Gasteiger charge is -2.16. The number of benzene rings is 3. The van der Waals surface area contributed by atoms with Crippen LogP contribution >= 0.6 is 11.6 Å². The Balaban J connectivity index is 1.87. The molecule has 4 heteroatoms. The fourth-order valence-corrected chi connectivity index (χ4v) is 2.99. The Morgan fingerprint density at radius 2 is 1.38 bits per heavy atom. The smallest absolute Gasteiger partial charge is 0.339 e. The molecular weight excluding hydrogens is 348 g/mol. The highest BCUT2D eigenvalue weighted by Gasteiger charge is 2.21. The monoisotopic (exact) mass is 364 g/mol. The number of hydrogen-bond donors (Lipinski definition) is 0. The average Bonchev–Trinajstić information content (AvgIpc) is 2.68. The highest BCUT2D eigenvalue weighted by atomic mass is 35.5. The predicted octanol–water partition coefficient (Wildman–Crippen LogP) is 5.49. The molecule has 26 heavy (non-hydrogen) atoms. The fraction of sp³-hybridized carbons (Fsp3) is 0.0909. The van der Waals surface area contributed by atoms with E-state index in [1.54, 1.807) is 67.6 Å². The van der Waals surface area contributed by atoms with E-state index in [0.29, 0.717) is 16.1 Å². The summed E-state index contributed by atoms with van der Waals surface area (Å²) in [7, 11) is 0. The Hall–Kier alpha value is -2.91. The molecule has 3 aromatic carbocycles. The molecule has 3 nitrogen and oxygen atoms in total. The SMILES string of the molecule is C[C@H](OC(=O)c1ccccc1C(=O)c1ccccc1)c1ccccc1Cl. The summed E-state index contributed by atoms with van der Waals surface area (Å²) in [5.74, 6) is -0.777. The first kappa shape index (κ1) is 17.9. The van der Waals surface area contributed by atoms with Gasteiger partial charge in [0.2, 0.25) is 0 Å². The maximum Gasteiger partial charge on any atom is 0.339 e. The van der Waals surface area contributed by atoms with Crippen LogP contribution < -0.4 is 0 Å². The second kappa shape index (κ2) is 7.98. The van der Waals surface area contributed by atoms with E-state index < -0.39 is 12.1 Å². The van der Waals surface area contributed by atoms with Crippen LogP contribution in [-0.4, -0.2) is 11.8 Å². The van der Waals surface area contributed by atoms with E-state index in [-0.39, 0.29) is 11.3 Å². The maximum absolute atomic E-state index is 12.8. The van der Waals surface area contributed by atoms with Crippen LogP contribution in [0.5, 0.6) is 0 Å². The minimum absolute atomic E-state index is 0.219. The van der Waals surface area contributed by atoms with Crippen molar-refractivity contribution in [3.63, 3.8) is 0 Å². The molecule has 3 rings (SSSR count). The van der Waals surface area contributed by atoms with Crippen molar-refractivity contribution in [3.05, 3.63) is 106 Å². The second-order valence-corrected chi connectivity index (χ2v) is 6.22. The molecule has 0 aliphatic carbocycles. The fourth-order valence-electron chi connectivity index (χ4n) is 2.70. The summed E-state index contributed by atoms with van der Waals surface area (Å²) in [4.78, 5) is 25.4. The zero-order valence-electron chi connectivity index (χ0n) is 14.2. The molecule has 0 N–H and O–H groups in total. The number of carbonyl (C=O) groups excluding carboxylic acids is 2. The van der Waals surface area contributed by atoms with Crippen molar-refractivity contribution in [3.8, 4) is 0 Å². The number of halogens is 1. The Labute approximate surface area is 157 Å². The number of esters is 1. The third-order valence-electron chi connectivity index (χ3n) is 4.05. The van der Waals surface area contributed by atoms with Crippen LogP contribution in [0.25, 0.3) is 0 Å². The van der Waals surface area contributed by atoms with Crippen LogP contribution in [-0.2, 0) is 4.74 Å². The molecule has 0 aliphatic heterocycles. The lowest BCUT2D eigenvalue weighted by Crippen LogP contribution is -2.14. The molecule has 0 unspecified atom stereocenters. The standard InChI is InChI=1S/C22H17ClO3/c1-15(17-11-7-8-14-20(17)23)26-22(25)19-13-6-5-12-18(19)21(24)16-9-3-2-4-10-16/h2-15H,1H3/t15-/m0/s1. The molecule has 0 radical (unpaired) electrons. The first-order chi connectivity index (χ1) is 12.6. The summed E-state index contributed by atoms with van der Waals surface area (Å²) in [5, 5.41) is 0.529. The van der Waals surface area contributed by atoms with Gasteiger partial charge in [0, 0.05) is 21.7 Å². The van der Waals surface area contributed by atoms with E-state index in [0.717, 1.165) is 5.56 Å². The predicted molar refractivity (Wildman–Crippen MR) is 102 cm³/mol. The highest BCUT2D eigenvalue weighted by molar-refractivity contribution is 6.31. The highest BCUT2D eigenvalue weighted by Crippen LogP contribution is 2.26. The van der Waals surface area contributed by atoms with E-state index >= 15 is 0 Å². The number of carbonyl (C=O) groups is 2. The van der Waals surface area contributed by atoms with E-state index in [9.17, 15) is 9.59 Å². The normalized spacial score (nSPS) is 11.6. The molecule has 0 heterocycles. The summed E-state index contributed by atoms with van der Waals surface area (Å²) in [5.41, 5.74) is 1.79. The quantitative estimate of drug-likeness (QED) is 0.444. The number of ether oxygens (including phenoxy) is 1. The van der Waals surface area contributed by atoms with E-state index in [2.05, 4.69) is 0 Å². The molecule has 0 amide bonds. The van der Waals surface area contributed by atoms with Crippen molar-refractivity contribution < 1.29 is 14.3 Å². The number of rotatable bonds is 5. The van der Waals surface area contributed by atoms with Gasteiger partial charge in [-0.15, -0.1) is 0 Å². The summed E-state index contributed by atoms with van der Waals surface area (Å²) in [6.07, 6.45) is -0.531. The molecule has 0 aliphatic rings. The van der Waals surface area contributed by atoms with Crippen molar-refractivity contribution in [2.75, 3.05) is 0 Å². The molecular formula is C22H17ClO3. The van der Waals surface area contributed by atoms with E-state index in [1.807, 2.05) is 18.2 Å². The molecule has 0 bridgehead atoms. The topological polar surface area (TPSA) is 43.4 Å². The Kier molecular flexibility index (Phi) is 5.49. The van der Waals surface area contributed by atoms with Gasteiger partial charge in [-0.05, 0) is 19.1 Å². The van der Waals surface area contributed by atoms with Crippen molar-refractivity contribution in [1.29, 1.82) is 0 Å². The maximum atomic E-state index is 12.8. The summed E-state index contributed by atoms with van der Waals surface area (Å²) >= 11 is 6.16. The minimum atomic E-state index is -0.558. The molecule has 3 aromatic rings. The summed E-state index contributed by atoms with van der Waals surface area (Å²) in [6.45, 7) is 1.75. The van der Waals surface area contributed by atoms with Crippen LogP contribution in [0.1, 0.15) is 44.9 Å². The van der Waals surface area contributed by atoms with Crippen LogP contribution in [0.4, 0.5) is 0 Å². The molecule has 0 aromatic heterocycles. The van der Waals surface area contributed by atoms with Crippen LogP contribution in [0.2, 0.25) is 5.02 Å². The zero-order valence-corrected chi connectivity index (χ0v) is 14.9. The van der Waals surface area contributed by atoms with Crippen LogP contribution in [0, 0.1) is 0 Å². The van der Waals surface area contributed by atoms with Gasteiger partial charge >= 0.3 is 5.97 Å². The molecule has 0 fully saturated rings. The number of hydrogen-bond acceptors (Lipinski definition) is 3. The average molecular weight is 365 g/mol. The van der Waals surface area contributed by atoms with Crippen molar-refractivity contribution in [2.45, 2.75) is 13.0 Å². The van der Waals surface area contributed by atoms with E-state index in [4.69, 9.17) is 16.3 Å². The van der Waals surface area contributed by atoms with Crippen molar-refractivity contribution >= 4 is 23.4 Å². The van der Waals surface area contributed by atoms with Gasteiger partial charge in [-0.3, -0.25) is 4.79 Å². The van der Waals surface area contributed by atoms with Crippen LogP contribution in [0.3, 0.4) is 0 Å². The zero-order chi connectivity index (χ0) is 18.5. The largest absolute Gasteiger partial charge is 0.454 e. The van der Waals surface area contributed by atoms with E-state index in [1.165, 1.54) is 0 Å². The van der Waals surface area contributed by atoms with Crippen molar-refractivity contribution in [1.82, 2.24) is 0 Å².